The lowest BCUT2D eigenvalue weighted by Crippen LogP contribution is -2.37. The fourth-order valence-electron chi connectivity index (χ4n) is 2.38. The molecule has 1 rings (SSSR count). The van der Waals surface area contributed by atoms with E-state index in [0.717, 1.165) is 25.1 Å². The summed E-state index contributed by atoms with van der Waals surface area (Å²) in [6, 6.07) is 0.773. The van der Waals surface area contributed by atoms with Crippen LogP contribution in [0.2, 0.25) is 0 Å². The van der Waals surface area contributed by atoms with E-state index in [1.807, 2.05) is 0 Å². The van der Waals surface area contributed by atoms with Crippen molar-refractivity contribution < 1.29 is 4.74 Å². The van der Waals surface area contributed by atoms with Gasteiger partial charge in [-0.25, -0.2) is 0 Å². The molecule has 0 aromatic heterocycles. The summed E-state index contributed by atoms with van der Waals surface area (Å²) in [5.41, 5.74) is 5.37. The number of nitrogens with zero attached hydrogens (tertiary/aromatic N) is 1. The van der Waals surface area contributed by atoms with Crippen LogP contribution in [-0.2, 0) is 4.74 Å². The normalized spacial score (nSPS) is 27.2. The highest BCUT2D eigenvalue weighted by Crippen LogP contribution is 2.26. The van der Waals surface area contributed by atoms with Gasteiger partial charge in [-0.05, 0) is 25.8 Å². The van der Waals surface area contributed by atoms with E-state index in [0.29, 0.717) is 13.2 Å². The van der Waals surface area contributed by atoms with Gasteiger partial charge in [-0.15, -0.1) is 0 Å². The molecule has 2 unspecified atom stereocenters. The lowest BCUT2D eigenvalue weighted by molar-refractivity contribution is 0.0877. The molecular weight excluding hydrogens is 188 g/mol. The van der Waals surface area contributed by atoms with Gasteiger partial charge in [0.25, 0.3) is 0 Å². The van der Waals surface area contributed by atoms with Crippen molar-refractivity contribution >= 4 is 0 Å². The molecule has 2 N–H and O–H groups in total. The van der Waals surface area contributed by atoms with Gasteiger partial charge in [0.05, 0.1) is 13.2 Å². The highest BCUT2D eigenvalue weighted by Gasteiger charge is 2.21. The maximum Gasteiger partial charge on any atom is 0.0594 e. The van der Waals surface area contributed by atoms with Crippen molar-refractivity contribution in [1.29, 1.82) is 0 Å². The Morgan fingerprint density at radius 1 is 1.33 bits per heavy atom. The molecule has 2 atom stereocenters. The van der Waals surface area contributed by atoms with Crippen molar-refractivity contribution in [2.24, 2.45) is 11.7 Å². The van der Waals surface area contributed by atoms with Crippen LogP contribution in [0.4, 0.5) is 0 Å². The molecule has 1 fully saturated rings. The molecule has 0 aromatic carbocycles. The van der Waals surface area contributed by atoms with E-state index in [2.05, 4.69) is 18.9 Å². The van der Waals surface area contributed by atoms with Crippen molar-refractivity contribution in [3.8, 4) is 0 Å². The number of rotatable bonds is 6. The Labute approximate surface area is 94.0 Å². The van der Waals surface area contributed by atoms with Crippen molar-refractivity contribution in [2.75, 3.05) is 33.4 Å². The zero-order chi connectivity index (χ0) is 11.1. The number of likely N-dealkylation sites (N-methyl/N-ethyl adjacent to an activating group) is 1. The fourth-order valence-corrected chi connectivity index (χ4v) is 2.38. The van der Waals surface area contributed by atoms with Crippen molar-refractivity contribution in [2.45, 2.75) is 38.6 Å². The molecule has 1 saturated carbocycles. The number of hydrogen-bond donors (Lipinski definition) is 1. The lowest BCUT2D eigenvalue weighted by atomic mass is 9.86. The van der Waals surface area contributed by atoms with Crippen LogP contribution < -0.4 is 5.73 Å². The smallest absolute Gasteiger partial charge is 0.0594 e. The summed E-state index contributed by atoms with van der Waals surface area (Å²) in [5, 5.41) is 0. The third-order valence-corrected chi connectivity index (χ3v) is 3.38. The molecule has 0 bridgehead atoms. The van der Waals surface area contributed by atoms with E-state index in [1.165, 1.54) is 25.7 Å². The molecule has 0 saturated heterocycles. The average molecular weight is 214 g/mol. The summed E-state index contributed by atoms with van der Waals surface area (Å²) in [6.45, 7) is 5.54. The van der Waals surface area contributed by atoms with Crippen LogP contribution in [0.3, 0.4) is 0 Å². The summed E-state index contributed by atoms with van der Waals surface area (Å²) >= 11 is 0. The van der Waals surface area contributed by atoms with Gasteiger partial charge in [-0.2, -0.15) is 0 Å². The molecule has 0 spiro atoms. The highest BCUT2D eigenvalue weighted by molar-refractivity contribution is 4.76. The predicted octanol–water partition coefficient (Wildman–Crippen LogP) is 1.47. The monoisotopic (exact) mass is 214 g/mol. The fraction of sp³-hybridized carbons (Fsp3) is 1.00. The molecule has 0 aromatic rings. The number of ether oxygens (including phenoxy) is 1. The van der Waals surface area contributed by atoms with Crippen LogP contribution >= 0.6 is 0 Å². The minimum atomic E-state index is 0.629. The van der Waals surface area contributed by atoms with E-state index >= 15 is 0 Å². The maximum absolute atomic E-state index is 5.40. The Kier molecular flexibility index (Phi) is 6.22. The molecule has 1 aliphatic rings. The van der Waals surface area contributed by atoms with Gasteiger partial charge in [-0.3, -0.25) is 0 Å². The van der Waals surface area contributed by atoms with E-state index in [-0.39, 0.29) is 0 Å². The van der Waals surface area contributed by atoms with Crippen LogP contribution in [-0.4, -0.2) is 44.3 Å². The van der Waals surface area contributed by atoms with Crippen molar-refractivity contribution in [1.82, 2.24) is 4.90 Å². The summed E-state index contributed by atoms with van der Waals surface area (Å²) in [7, 11) is 2.22. The SMILES string of the molecule is CC1CCCC(N(C)CCOCCN)C1. The molecule has 0 aliphatic heterocycles. The third kappa shape index (κ3) is 4.96. The minimum Gasteiger partial charge on any atom is -0.379 e. The van der Waals surface area contributed by atoms with E-state index < -0.39 is 0 Å². The van der Waals surface area contributed by atoms with Crippen LogP contribution in [0.1, 0.15) is 32.6 Å². The molecule has 0 amide bonds. The summed E-state index contributed by atoms with van der Waals surface area (Å²) in [6.07, 6.45) is 5.51. The Bertz CT molecular complexity index is 164. The van der Waals surface area contributed by atoms with Crippen LogP contribution in [0.25, 0.3) is 0 Å². The topological polar surface area (TPSA) is 38.5 Å². The standard InChI is InChI=1S/C12H26N2O/c1-11-4-3-5-12(10-11)14(2)7-9-15-8-6-13/h11-12H,3-10,13H2,1-2H3. The Hall–Kier alpha value is -0.120. The van der Waals surface area contributed by atoms with Crippen LogP contribution in [0.5, 0.6) is 0 Å². The first-order valence-electron chi connectivity index (χ1n) is 6.22. The summed E-state index contributed by atoms with van der Waals surface area (Å²) in [5.74, 6) is 0.899. The molecule has 90 valence electrons. The number of hydrogen-bond acceptors (Lipinski definition) is 3. The molecule has 0 radical (unpaired) electrons. The van der Waals surface area contributed by atoms with Gasteiger partial charge in [0.1, 0.15) is 0 Å². The second-order valence-corrected chi connectivity index (χ2v) is 4.81. The van der Waals surface area contributed by atoms with Gasteiger partial charge >= 0.3 is 0 Å². The molecule has 0 heterocycles. The van der Waals surface area contributed by atoms with Crippen LogP contribution in [0.15, 0.2) is 0 Å². The summed E-state index contributed by atoms with van der Waals surface area (Å²) in [4.78, 5) is 2.45. The zero-order valence-corrected chi connectivity index (χ0v) is 10.2. The first kappa shape index (κ1) is 12.9. The second kappa shape index (κ2) is 7.20. The molecule has 1 aliphatic carbocycles. The summed E-state index contributed by atoms with van der Waals surface area (Å²) < 4.78 is 5.40. The van der Waals surface area contributed by atoms with Gasteiger partial charge in [0.15, 0.2) is 0 Å². The highest BCUT2D eigenvalue weighted by atomic mass is 16.5. The largest absolute Gasteiger partial charge is 0.379 e. The number of nitrogens with two attached hydrogens (primary N) is 1. The molecule has 3 nitrogen and oxygen atoms in total. The molecule has 3 heteroatoms. The molecular formula is C12H26N2O. The van der Waals surface area contributed by atoms with Crippen molar-refractivity contribution in [3.05, 3.63) is 0 Å². The van der Waals surface area contributed by atoms with Crippen molar-refractivity contribution in [3.63, 3.8) is 0 Å². The maximum atomic E-state index is 5.40. The van der Waals surface area contributed by atoms with E-state index in [1.54, 1.807) is 0 Å². The van der Waals surface area contributed by atoms with Crippen LogP contribution in [0, 0.1) is 5.92 Å². The van der Waals surface area contributed by atoms with Gasteiger partial charge in [0.2, 0.25) is 0 Å². The predicted molar refractivity (Wildman–Crippen MR) is 63.9 cm³/mol. The Morgan fingerprint density at radius 2 is 2.13 bits per heavy atom. The van der Waals surface area contributed by atoms with Gasteiger partial charge < -0.3 is 15.4 Å². The lowest BCUT2D eigenvalue weighted by Gasteiger charge is -2.34. The van der Waals surface area contributed by atoms with Gasteiger partial charge in [0, 0.05) is 19.1 Å². The Morgan fingerprint density at radius 3 is 2.80 bits per heavy atom. The Balaban J connectivity index is 2.12. The van der Waals surface area contributed by atoms with E-state index in [9.17, 15) is 0 Å². The first-order chi connectivity index (χ1) is 7.24. The first-order valence-corrected chi connectivity index (χ1v) is 6.22. The molecule has 15 heavy (non-hydrogen) atoms. The zero-order valence-electron chi connectivity index (χ0n) is 10.2. The average Bonchev–Trinajstić information content (AvgIpc) is 2.24. The minimum absolute atomic E-state index is 0.629. The van der Waals surface area contributed by atoms with Gasteiger partial charge in [-0.1, -0.05) is 19.8 Å². The van der Waals surface area contributed by atoms with E-state index in [4.69, 9.17) is 10.5 Å². The third-order valence-electron chi connectivity index (χ3n) is 3.38. The second-order valence-electron chi connectivity index (χ2n) is 4.81. The quantitative estimate of drug-likeness (QED) is 0.681.